The Labute approximate surface area is 160 Å². The fraction of sp³-hybridized carbons (Fsp3) is 0.0455. The second-order valence-electron chi connectivity index (χ2n) is 6.12. The van der Waals surface area contributed by atoms with Gasteiger partial charge in [0.15, 0.2) is 5.76 Å². The van der Waals surface area contributed by atoms with Crippen LogP contribution in [0.2, 0.25) is 5.02 Å². The molecule has 0 atom stereocenters. The van der Waals surface area contributed by atoms with E-state index >= 15 is 0 Å². The number of ketones is 1. The van der Waals surface area contributed by atoms with E-state index in [9.17, 15) is 9.18 Å². The Bertz CT molecular complexity index is 1100. The smallest absolute Gasteiger partial charge is 0.230 e. The lowest BCUT2D eigenvalue weighted by Gasteiger charge is -2.07. The zero-order valence-corrected chi connectivity index (χ0v) is 15.0. The lowest BCUT2D eigenvalue weighted by molar-refractivity contribution is 0.101. The van der Waals surface area contributed by atoms with Gasteiger partial charge >= 0.3 is 0 Å². The molecule has 5 heteroatoms. The first-order valence-electron chi connectivity index (χ1n) is 8.42. The van der Waals surface area contributed by atoms with E-state index in [1.807, 2.05) is 48.5 Å². The number of halogens is 2. The van der Waals surface area contributed by atoms with Gasteiger partial charge in [0, 0.05) is 22.5 Å². The van der Waals surface area contributed by atoms with Crippen molar-refractivity contribution in [3.63, 3.8) is 0 Å². The quantitative estimate of drug-likeness (QED) is 0.428. The van der Waals surface area contributed by atoms with E-state index in [1.165, 1.54) is 24.3 Å². The second-order valence-corrected chi connectivity index (χ2v) is 6.55. The number of benzene rings is 3. The van der Waals surface area contributed by atoms with Crippen molar-refractivity contribution in [1.29, 1.82) is 0 Å². The molecule has 134 valence electrons. The van der Waals surface area contributed by atoms with Gasteiger partial charge < -0.3 is 9.73 Å². The predicted octanol–water partition coefficient (Wildman–Crippen LogP) is 6.07. The molecule has 0 aliphatic carbocycles. The average Bonchev–Trinajstić information content (AvgIpc) is 3.06. The molecule has 0 unspecified atom stereocenters. The number of hydrogen-bond donors (Lipinski definition) is 1. The summed E-state index contributed by atoms with van der Waals surface area (Å²) in [4.78, 5) is 12.9. The van der Waals surface area contributed by atoms with E-state index in [1.54, 1.807) is 0 Å². The molecule has 0 saturated heterocycles. The van der Waals surface area contributed by atoms with Gasteiger partial charge in [-0.25, -0.2) is 4.39 Å². The summed E-state index contributed by atoms with van der Waals surface area (Å²) in [5, 5.41) is 4.79. The maximum Gasteiger partial charge on any atom is 0.230 e. The Balaban J connectivity index is 1.71. The van der Waals surface area contributed by atoms with Gasteiger partial charge in [-0.15, -0.1) is 0 Å². The zero-order chi connectivity index (χ0) is 18.8. The summed E-state index contributed by atoms with van der Waals surface area (Å²) in [7, 11) is 0. The topological polar surface area (TPSA) is 42.2 Å². The highest BCUT2D eigenvalue weighted by molar-refractivity contribution is 6.30. The molecule has 3 aromatic carbocycles. The van der Waals surface area contributed by atoms with Crippen LogP contribution in [-0.4, -0.2) is 5.78 Å². The summed E-state index contributed by atoms with van der Waals surface area (Å²) in [5.41, 5.74) is 2.62. The monoisotopic (exact) mass is 379 g/mol. The maximum atomic E-state index is 13.2. The third-order valence-electron chi connectivity index (χ3n) is 4.29. The molecule has 0 amide bonds. The predicted molar refractivity (Wildman–Crippen MR) is 105 cm³/mol. The van der Waals surface area contributed by atoms with Gasteiger partial charge in [0.25, 0.3) is 0 Å². The minimum atomic E-state index is -0.391. The van der Waals surface area contributed by atoms with E-state index in [4.69, 9.17) is 16.0 Å². The highest BCUT2D eigenvalue weighted by atomic mass is 35.5. The number of carbonyl (C=O) groups is 1. The van der Waals surface area contributed by atoms with E-state index in [2.05, 4.69) is 5.32 Å². The molecule has 0 aliphatic heterocycles. The Morgan fingerprint density at radius 1 is 0.963 bits per heavy atom. The number of para-hydroxylation sites is 1. The molecule has 27 heavy (non-hydrogen) atoms. The molecule has 0 radical (unpaired) electrons. The van der Waals surface area contributed by atoms with Crippen molar-refractivity contribution in [3.05, 3.63) is 101 Å². The molecule has 0 saturated carbocycles. The molecule has 4 rings (SSSR count). The van der Waals surface area contributed by atoms with Crippen molar-refractivity contribution in [2.24, 2.45) is 0 Å². The number of fused-ring (bicyclic) bond motifs is 1. The number of nitrogens with one attached hydrogen (secondary N) is 1. The second kappa shape index (κ2) is 7.25. The number of anilines is 1. The van der Waals surface area contributed by atoms with Gasteiger partial charge in [0.05, 0.1) is 5.69 Å². The van der Waals surface area contributed by atoms with Crippen LogP contribution in [0, 0.1) is 5.82 Å². The van der Waals surface area contributed by atoms with Crippen LogP contribution < -0.4 is 5.32 Å². The summed E-state index contributed by atoms with van der Waals surface area (Å²) >= 11 is 5.93. The summed E-state index contributed by atoms with van der Waals surface area (Å²) in [5.74, 6) is -0.487. The number of rotatable bonds is 5. The van der Waals surface area contributed by atoms with Crippen LogP contribution in [0.15, 0.2) is 77.2 Å². The van der Waals surface area contributed by atoms with Crippen molar-refractivity contribution < 1.29 is 13.6 Å². The summed E-state index contributed by atoms with van der Waals surface area (Å²) in [6.45, 7) is 0.504. The molecule has 3 nitrogen and oxygen atoms in total. The molecule has 1 N–H and O–H groups in total. The molecular weight excluding hydrogens is 365 g/mol. The molecule has 4 aromatic rings. The Morgan fingerprint density at radius 2 is 1.67 bits per heavy atom. The third kappa shape index (κ3) is 3.57. The summed E-state index contributed by atoms with van der Waals surface area (Å²) in [6, 6.07) is 20.3. The summed E-state index contributed by atoms with van der Waals surface area (Å²) < 4.78 is 19.0. The van der Waals surface area contributed by atoms with Gasteiger partial charge in [-0.3, -0.25) is 4.79 Å². The Hall–Kier alpha value is -3.11. The SMILES string of the molecule is O=C(c1ccc(F)cc1)c1oc2ccccc2c1NCc1ccc(Cl)cc1. The lowest BCUT2D eigenvalue weighted by atomic mass is 10.1. The highest BCUT2D eigenvalue weighted by Crippen LogP contribution is 2.33. The van der Waals surface area contributed by atoms with Gasteiger partial charge in [0.1, 0.15) is 11.4 Å². The van der Waals surface area contributed by atoms with Crippen LogP contribution in [0.5, 0.6) is 0 Å². The van der Waals surface area contributed by atoms with Crippen molar-refractivity contribution in [1.82, 2.24) is 0 Å². The minimum absolute atomic E-state index is 0.205. The normalized spacial score (nSPS) is 10.9. The first-order valence-corrected chi connectivity index (χ1v) is 8.80. The largest absolute Gasteiger partial charge is 0.450 e. The number of furan rings is 1. The van der Waals surface area contributed by atoms with Gasteiger partial charge in [-0.1, -0.05) is 35.9 Å². The van der Waals surface area contributed by atoms with Crippen molar-refractivity contribution in [3.8, 4) is 0 Å². The van der Waals surface area contributed by atoms with Crippen LogP contribution in [0.1, 0.15) is 21.7 Å². The molecule has 0 fully saturated rings. The van der Waals surface area contributed by atoms with Crippen LogP contribution in [-0.2, 0) is 6.54 Å². The van der Waals surface area contributed by atoms with Crippen molar-refractivity contribution >= 4 is 34.0 Å². The fourth-order valence-corrected chi connectivity index (χ4v) is 3.03. The van der Waals surface area contributed by atoms with Crippen LogP contribution >= 0.6 is 11.6 Å². The first-order chi connectivity index (χ1) is 13.1. The zero-order valence-electron chi connectivity index (χ0n) is 14.2. The molecular formula is C22H15ClFNO2. The minimum Gasteiger partial charge on any atom is -0.450 e. The van der Waals surface area contributed by atoms with Crippen LogP contribution in [0.25, 0.3) is 11.0 Å². The standard InChI is InChI=1S/C22H15ClFNO2/c23-16-9-5-14(6-10-16)13-25-20-18-3-1-2-4-19(18)27-22(20)21(26)15-7-11-17(24)12-8-15/h1-12,25H,13H2. The maximum absolute atomic E-state index is 13.2. The third-order valence-corrected chi connectivity index (χ3v) is 4.54. The van der Waals surface area contributed by atoms with Crippen LogP contribution in [0.4, 0.5) is 10.1 Å². The lowest BCUT2D eigenvalue weighted by Crippen LogP contribution is -2.06. The van der Waals surface area contributed by atoms with Crippen molar-refractivity contribution in [2.75, 3.05) is 5.32 Å². The highest BCUT2D eigenvalue weighted by Gasteiger charge is 2.21. The van der Waals surface area contributed by atoms with Gasteiger partial charge in [0.2, 0.25) is 5.78 Å². The Morgan fingerprint density at radius 3 is 2.41 bits per heavy atom. The van der Waals surface area contributed by atoms with Gasteiger partial charge in [-0.05, 0) is 54.1 Å². The molecule has 0 spiro atoms. The van der Waals surface area contributed by atoms with E-state index in [0.29, 0.717) is 28.4 Å². The molecule has 0 bridgehead atoms. The van der Waals surface area contributed by atoms with Crippen LogP contribution in [0.3, 0.4) is 0 Å². The summed E-state index contributed by atoms with van der Waals surface area (Å²) in [6.07, 6.45) is 0. The average molecular weight is 380 g/mol. The molecule has 0 aliphatic rings. The number of hydrogen-bond acceptors (Lipinski definition) is 3. The van der Waals surface area contributed by atoms with E-state index in [0.717, 1.165) is 10.9 Å². The Kier molecular flexibility index (Phi) is 4.65. The molecule has 1 aromatic heterocycles. The number of carbonyl (C=O) groups excluding carboxylic acids is 1. The fourth-order valence-electron chi connectivity index (χ4n) is 2.91. The van der Waals surface area contributed by atoms with Gasteiger partial charge in [-0.2, -0.15) is 0 Å². The van der Waals surface area contributed by atoms with Crippen molar-refractivity contribution in [2.45, 2.75) is 6.54 Å². The van der Waals surface area contributed by atoms with E-state index in [-0.39, 0.29) is 11.5 Å². The first kappa shape index (κ1) is 17.3. The van der Waals surface area contributed by atoms with E-state index < -0.39 is 5.82 Å². The molecule has 1 heterocycles.